The van der Waals surface area contributed by atoms with Gasteiger partial charge in [0.05, 0.1) is 77.5 Å². The molecule has 16 atom stereocenters. The highest BCUT2D eigenvalue weighted by molar-refractivity contribution is 6.74. The van der Waals surface area contributed by atoms with Gasteiger partial charge in [-0.1, -0.05) is 193 Å². The predicted molar refractivity (Wildman–Crippen MR) is 375 cm³/mol. The number of benzene rings is 5. The number of nitrogens with one attached hydrogen (secondary N) is 1. The highest BCUT2D eigenvalue weighted by atomic mass is 28.4. The lowest BCUT2D eigenvalue weighted by molar-refractivity contribution is -0.392. The van der Waals surface area contributed by atoms with Crippen molar-refractivity contribution in [2.45, 2.75) is 243 Å². The molecule has 99 heavy (non-hydrogen) atoms. The average molecular weight is 1410 g/mol. The van der Waals surface area contributed by atoms with E-state index < -0.39 is 149 Å². The number of aliphatic hydroxyl groups is 3. The van der Waals surface area contributed by atoms with Crippen LogP contribution in [0, 0.1) is 5.41 Å². The molecule has 21 nitrogen and oxygen atoms in total. The summed E-state index contributed by atoms with van der Waals surface area (Å²) in [7, 11) is -4.36. The number of hydrogen-bond donors (Lipinski definition) is 4. The van der Waals surface area contributed by atoms with E-state index in [1.807, 2.05) is 219 Å². The number of rotatable bonds is 31. The molecule has 0 aromatic heterocycles. The molecule has 5 aromatic rings. The summed E-state index contributed by atoms with van der Waals surface area (Å²) in [5.41, 5.74) is 2.93. The molecule has 0 bridgehead atoms. The van der Waals surface area contributed by atoms with Gasteiger partial charge >= 0.3 is 11.9 Å². The topological polar surface area (TPSA) is 253 Å². The molecule has 3 fully saturated rings. The summed E-state index contributed by atoms with van der Waals surface area (Å²) in [6, 6.07) is 45.9. The molecule has 0 spiro atoms. The molecule has 3 saturated heterocycles. The number of methoxy groups -OCH3 is 1. The molecule has 0 unspecified atom stereocenters. The van der Waals surface area contributed by atoms with Crippen LogP contribution in [0.5, 0.6) is 0 Å². The molecular formula is C76H107NO20Si2. The molecule has 0 radical (unpaired) electrons. The highest BCUT2D eigenvalue weighted by Gasteiger charge is 2.63. The fourth-order valence-electron chi connectivity index (χ4n) is 11.3. The lowest BCUT2D eigenvalue weighted by atomic mass is 9.88. The van der Waals surface area contributed by atoms with Crippen LogP contribution in [0.4, 0.5) is 0 Å². The summed E-state index contributed by atoms with van der Waals surface area (Å²) in [5.74, 6) is -4.84. The Morgan fingerprint density at radius 1 is 0.576 bits per heavy atom. The quantitative estimate of drug-likeness (QED) is 0.0238. The van der Waals surface area contributed by atoms with E-state index in [9.17, 15) is 24.9 Å². The van der Waals surface area contributed by atoms with Crippen LogP contribution in [0.15, 0.2) is 152 Å². The first-order valence-electron chi connectivity index (χ1n) is 34.2. The van der Waals surface area contributed by atoms with Crippen LogP contribution in [0.2, 0.25) is 36.3 Å². The van der Waals surface area contributed by atoms with Crippen LogP contribution in [-0.4, -0.2) is 174 Å². The van der Waals surface area contributed by atoms with E-state index in [1.165, 1.54) is 6.92 Å². The first-order chi connectivity index (χ1) is 46.8. The Kier molecular flexibility index (Phi) is 28.0. The molecule has 8 rings (SSSR count). The molecule has 5 aromatic carbocycles. The molecule has 3 aliphatic rings. The van der Waals surface area contributed by atoms with E-state index in [0.717, 1.165) is 29.4 Å². The monoisotopic (exact) mass is 1410 g/mol. The molecular weight excluding hydrogens is 1300 g/mol. The van der Waals surface area contributed by atoms with Gasteiger partial charge in [-0.2, -0.15) is 0 Å². The van der Waals surface area contributed by atoms with Gasteiger partial charge in [-0.25, -0.2) is 4.79 Å². The zero-order valence-corrected chi connectivity index (χ0v) is 62.2. The molecule has 23 heteroatoms. The standard InChI is InChI=1S/C76H107NO20Si2/c1-50(78)77-60-57(97-99(14,15)75(8,9)10)41-76(72(83)84-11,96-65(60)61(80)56(79)47-90-98(12,13)74(5,6)7)95-63-58(48-85-42-51-31-21-16-22-32-51)92-70(66(62(63)81)87-44-53-35-25-18-26-36-53)93-64-59(49-86-43-52-33-23-17-24-34-52)91-69(89-46-55-39-29-20-30-40-55)68(94-71(82)73(2,3)4)67(64)88-45-54-37-27-19-28-38-54/h16-40,56-70,79-81H,41-49H2,1-15H3,(H,77,78)/t56-,57+,58-,59-,60-,61-,62+,63+,64-,65-,66-,67+,68-,69-,70+,76-/m1/s1. The fourth-order valence-corrected chi connectivity index (χ4v) is 13.7. The van der Waals surface area contributed by atoms with E-state index in [0.29, 0.717) is 5.56 Å². The van der Waals surface area contributed by atoms with Crippen LogP contribution in [0.3, 0.4) is 0 Å². The van der Waals surface area contributed by atoms with Crippen LogP contribution in [0.1, 0.15) is 103 Å². The van der Waals surface area contributed by atoms with E-state index in [4.69, 9.17) is 65.7 Å². The van der Waals surface area contributed by atoms with Crippen LogP contribution in [0.25, 0.3) is 0 Å². The van der Waals surface area contributed by atoms with Gasteiger partial charge in [-0.3, -0.25) is 9.59 Å². The van der Waals surface area contributed by atoms with Crippen molar-refractivity contribution in [3.8, 4) is 0 Å². The first-order valence-corrected chi connectivity index (χ1v) is 40.1. The molecule has 4 N–H and O–H groups in total. The Hall–Kier alpha value is -5.66. The van der Waals surface area contributed by atoms with E-state index >= 15 is 4.79 Å². The Morgan fingerprint density at radius 3 is 1.45 bits per heavy atom. The van der Waals surface area contributed by atoms with Crippen molar-refractivity contribution in [1.82, 2.24) is 5.32 Å². The Balaban J connectivity index is 1.28. The summed E-state index contributed by atoms with van der Waals surface area (Å²) in [5, 5.41) is 40.7. The van der Waals surface area contributed by atoms with Crippen LogP contribution < -0.4 is 5.32 Å². The third-order valence-electron chi connectivity index (χ3n) is 19.1. The number of esters is 2. The zero-order chi connectivity index (χ0) is 71.9. The van der Waals surface area contributed by atoms with Crippen molar-refractivity contribution < 1.29 is 95.4 Å². The van der Waals surface area contributed by atoms with Crippen molar-refractivity contribution in [3.05, 3.63) is 179 Å². The van der Waals surface area contributed by atoms with Gasteiger partial charge in [0.2, 0.25) is 5.91 Å². The minimum absolute atomic E-state index is 0.0131. The number of carbonyl (C=O) groups excluding carboxylic acids is 3. The van der Waals surface area contributed by atoms with Gasteiger partial charge in [0.25, 0.3) is 5.79 Å². The number of aliphatic hydroxyl groups excluding tert-OH is 3. The number of carbonyl (C=O) groups is 3. The average Bonchev–Trinajstić information content (AvgIpc) is 0.747. The number of hydrogen-bond acceptors (Lipinski definition) is 20. The van der Waals surface area contributed by atoms with Crippen molar-refractivity contribution in [2.75, 3.05) is 26.9 Å². The smallest absolute Gasteiger partial charge is 0.366 e. The van der Waals surface area contributed by atoms with Gasteiger partial charge in [0, 0.05) is 13.3 Å². The summed E-state index contributed by atoms with van der Waals surface area (Å²) in [4.78, 5) is 43.2. The second-order valence-electron chi connectivity index (χ2n) is 30.0. The van der Waals surface area contributed by atoms with Crippen molar-refractivity contribution in [3.63, 3.8) is 0 Å². The molecule has 3 heterocycles. The molecule has 0 aliphatic carbocycles. The molecule has 0 saturated carbocycles. The largest absolute Gasteiger partial charge is 0.465 e. The Bertz CT molecular complexity index is 3260. The van der Waals surface area contributed by atoms with Crippen molar-refractivity contribution >= 4 is 34.5 Å². The lowest BCUT2D eigenvalue weighted by Gasteiger charge is -2.53. The second-order valence-corrected chi connectivity index (χ2v) is 39.6. The van der Waals surface area contributed by atoms with Crippen molar-refractivity contribution in [2.24, 2.45) is 5.41 Å². The molecule has 544 valence electrons. The SMILES string of the molecule is COC(=O)[C@@]1(O[C@@H]2[C@H](O)[C@@H](OCc3ccccc3)[C@H](O[C@H]3[C@H](OCc4ccccc4)[C@@H](OC(=O)C(C)(C)C)[C@H](OCc4ccccc4)O[C@@H]3COCc3ccccc3)O[C@@H]2COCc2ccccc2)C[C@H](O[Si](C)(C)C(C)(C)C)[C@@H](NC(C)=O)[C@H]([C@H](O)[C@H](O)CO[Si](C)(C)C(C)(C)C)O1. The molecule has 1 amide bonds. The van der Waals surface area contributed by atoms with E-state index in [1.54, 1.807) is 20.8 Å². The van der Waals surface area contributed by atoms with Crippen LogP contribution >= 0.6 is 0 Å². The lowest BCUT2D eigenvalue weighted by Crippen LogP contribution is -2.72. The number of ether oxygens (including phenoxy) is 12. The normalized spacial score (nSPS) is 27.0. The number of amides is 1. The zero-order valence-electron chi connectivity index (χ0n) is 60.2. The maximum atomic E-state index is 15.3. The Labute approximate surface area is 586 Å². The predicted octanol–water partition coefficient (Wildman–Crippen LogP) is 10.6. The van der Waals surface area contributed by atoms with E-state index in [-0.39, 0.29) is 57.9 Å². The fraction of sp³-hybridized carbons (Fsp3) is 0.566. The third kappa shape index (κ3) is 21.5. The highest BCUT2D eigenvalue weighted by Crippen LogP contribution is 2.45. The van der Waals surface area contributed by atoms with E-state index in [2.05, 4.69) is 5.32 Å². The summed E-state index contributed by atoms with van der Waals surface area (Å²) in [6.07, 6.45) is -21.2. The third-order valence-corrected chi connectivity index (χ3v) is 28.1. The van der Waals surface area contributed by atoms with Gasteiger partial charge in [-0.15, -0.1) is 0 Å². The minimum atomic E-state index is -2.94. The maximum absolute atomic E-state index is 15.3. The Morgan fingerprint density at radius 2 is 1.01 bits per heavy atom. The summed E-state index contributed by atoms with van der Waals surface area (Å²) >= 11 is 0. The van der Waals surface area contributed by atoms with Gasteiger partial charge < -0.3 is 86.3 Å². The van der Waals surface area contributed by atoms with Crippen molar-refractivity contribution in [1.29, 1.82) is 0 Å². The second kappa shape index (κ2) is 35.0. The summed E-state index contributed by atoms with van der Waals surface area (Å²) in [6.45, 7) is 26.0. The van der Waals surface area contributed by atoms with Gasteiger partial charge in [0.1, 0.15) is 61.0 Å². The minimum Gasteiger partial charge on any atom is -0.465 e. The first kappa shape index (κ1) is 79.1. The van der Waals surface area contributed by atoms with Gasteiger partial charge in [-0.05, 0) is 84.9 Å². The maximum Gasteiger partial charge on any atom is 0.366 e. The van der Waals surface area contributed by atoms with Crippen LogP contribution in [-0.2, 0) is 113 Å². The molecule has 3 aliphatic heterocycles. The summed E-state index contributed by atoms with van der Waals surface area (Å²) < 4.78 is 95.3. The van der Waals surface area contributed by atoms with Gasteiger partial charge in [0.15, 0.2) is 35.3 Å².